The van der Waals surface area contributed by atoms with Crippen molar-refractivity contribution in [1.82, 2.24) is 5.16 Å². The van der Waals surface area contributed by atoms with Crippen LogP contribution in [0.3, 0.4) is 0 Å². The number of amides is 1. The molecule has 0 bridgehead atoms. The van der Waals surface area contributed by atoms with Crippen LogP contribution in [0.25, 0.3) is 0 Å². The maximum absolute atomic E-state index is 10.3. The lowest BCUT2D eigenvalue weighted by Gasteiger charge is -1.81. The fourth-order valence-corrected chi connectivity index (χ4v) is 0.555. The van der Waals surface area contributed by atoms with Crippen molar-refractivity contribution in [3.8, 4) is 0 Å². The maximum Gasteiger partial charge on any atom is 0.272 e. The number of primary amides is 1. The van der Waals surface area contributed by atoms with Gasteiger partial charge in [0.05, 0.1) is 0 Å². The van der Waals surface area contributed by atoms with Crippen molar-refractivity contribution < 1.29 is 9.32 Å². The molecule has 0 aliphatic rings. The van der Waals surface area contributed by atoms with Crippen LogP contribution in [-0.2, 0) is 0 Å². The Morgan fingerprint density at radius 3 is 2.78 bits per heavy atom. The van der Waals surface area contributed by atoms with E-state index in [1.165, 1.54) is 0 Å². The summed E-state index contributed by atoms with van der Waals surface area (Å²) in [7, 11) is 0. The number of hydrogen-bond donors (Lipinski definition) is 1. The highest BCUT2D eigenvalue weighted by Gasteiger charge is 2.09. The van der Waals surface area contributed by atoms with E-state index in [9.17, 15) is 4.79 Å². The first-order valence-electron chi connectivity index (χ1n) is 2.11. The van der Waals surface area contributed by atoms with Gasteiger partial charge < -0.3 is 10.3 Å². The number of rotatable bonds is 1. The Morgan fingerprint density at radius 1 is 1.89 bits per heavy atom. The largest absolute Gasteiger partial charge is 0.364 e. The van der Waals surface area contributed by atoms with Gasteiger partial charge in [0.2, 0.25) is 0 Å². The highest BCUT2D eigenvalue weighted by atomic mass is 35.5. The number of nitrogens with zero attached hydrogens (tertiary/aromatic N) is 1. The molecule has 0 fully saturated rings. The van der Waals surface area contributed by atoms with Gasteiger partial charge in [0, 0.05) is 0 Å². The van der Waals surface area contributed by atoms with Gasteiger partial charge >= 0.3 is 0 Å². The molecular weight excluding hydrogens is 144 g/mol. The van der Waals surface area contributed by atoms with E-state index in [1.807, 2.05) is 0 Å². The Balaban J connectivity index is 3.08. The predicted octanol–water partition coefficient (Wildman–Crippen LogP) is 0.427. The zero-order chi connectivity index (χ0) is 6.85. The molecule has 0 unspecified atom stereocenters. The third-order valence-electron chi connectivity index (χ3n) is 0.760. The molecule has 1 heterocycles. The zero-order valence-corrected chi connectivity index (χ0v) is 5.05. The molecule has 0 aromatic carbocycles. The molecule has 0 spiro atoms. The normalized spacial score (nSPS) is 9.44. The molecule has 0 saturated heterocycles. The smallest absolute Gasteiger partial charge is 0.272 e. The Labute approximate surface area is 55.6 Å². The standard InChI is InChI=1S/C4H3ClN2O2/c5-2-1-9-7-3(2)4(6)8/h1H,(H2,6,8). The lowest BCUT2D eigenvalue weighted by Crippen LogP contribution is -2.11. The van der Waals surface area contributed by atoms with Crippen LogP contribution < -0.4 is 5.73 Å². The third kappa shape index (κ3) is 1.02. The van der Waals surface area contributed by atoms with E-state index in [-0.39, 0.29) is 10.7 Å². The molecular formula is C4H3ClN2O2. The van der Waals surface area contributed by atoms with Crippen LogP contribution in [0.5, 0.6) is 0 Å². The van der Waals surface area contributed by atoms with Crippen LogP contribution in [0, 0.1) is 0 Å². The molecule has 48 valence electrons. The average molecular weight is 147 g/mol. The number of aromatic nitrogens is 1. The Kier molecular flexibility index (Phi) is 1.40. The molecule has 2 N–H and O–H groups in total. The summed E-state index contributed by atoms with van der Waals surface area (Å²) in [4.78, 5) is 10.3. The number of hydrogen-bond acceptors (Lipinski definition) is 3. The second kappa shape index (κ2) is 2.06. The van der Waals surface area contributed by atoms with Crippen LogP contribution >= 0.6 is 11.6 Å². The van der Waals surface area contributed by atoms with Crippen molar-refractivity contribution in [3.63, 3.8) is 0 Å². The van der Waals surface area contributed by atoms with E-state index < -0.39 is 5.91 Å². The molecule has 9 heavy (non-hydrogen) atoms. The lowest BCUT2D eigenvalue weighted by atomic mass is 10.4. The molecule has 1 amide bonds. The molecule has 1 aromatic heterocycles. The molecule has 0 aliphatic heterocycles. The zero-order valence-electron chi connectivity index (χ0n) is 4.30. The predicted molar refractivity (Wildman–Crippen MR) is 30.0 cm³/mol. The average Bonchev–Trinajstić information content (AvgIpc) is 2.13. The first kappa shape index (κ1) is 6.10. The third-order valence-corrected chi connectivity index (χ3v) is 1.03. The topological polar surface area (TPSA) is 69.1 Å². The lowest BCUT2D eigenvalue weighted by molar-refractivity contribution is 0.0992. The van der Waals surface area contributed by atoms with E-state index in [4.69, 9.17) is 17.3 Å². The molecule has 0 atom stereocenters. The van der Waals surface area contributed by atoms with Crippen LogP contribution in [0.1, 0.15) is 10.5 Å². The van der Waals surface area contributed by atoms with Crippen molar-refractivity contribution in [2.24, 2.45) is 5.73 Å². The molecule has 1 aromatic rings. The summed E-state index contributed by atoms with van der Waals surface area (Å²) in [6.07, 6.45) is 1.14. The van der Waals surface area contributed by atoms with E-state index in [0.29, 0.717) is 0 Å². The summed E-state index contributed by atoms with van der Waals surface area (Å²) < 4.78 is 4.32. The number of carbonyl (C=O) groups is 1. The second-order valence-electron chi connectivity index (χ2n) is 1.38. The van der Waals surface area contributed by atoms with Crippen LogP contribution in [0.2, 0.25) is 5.02 Å². The second-order valence-corrected chi connectivity index (χ2v) is 1.78. The highest BCUT2D eigenvalue weighted by Crippen LogP contribution is 2.11. The van der Waals surface area contributed by atoms with Gasteiger partial charge in [-0.15, -0.1) is 0 Å². The molecule has 0 saturated carbocycles. The van der Waals surface area contributed by atoms with Gasteiger partial charge in [-0.1, -0.05) is 16.8 Å². The minimum atomic E-state index is -0.686. The highest BCUT2D eigenvalue weighted by molar-refractivity contribution is 6.33. The van der Waals surface area contributed by atoms with E-state index in [1.54, 1.807) is 0 Å². The molecule has 0 aliphatic carbocycles. The minimum absolute atomic E-state index is 0.0309. The quantitative estimate of drug-likeness (QED) is 0.625. The number of halogens is 1. The van der Waals surface area contributed by atoms with Crippen LogP contribution in [0.15, 0.2) is 10.8 Å². The van der Waals surface area contributed by atoms with Crippen LogP contribution in [-0.4, -0.2) is 11.1 Å². The molecule has 1 rings (SSSR count). The molecule has 0 radical (unpaired) electrons. The Bertz CT molecular complexity index is 232. The van der Waals surface area contributed by atoms with Gasteiger partial charge in [0.15, 0.2) is 5.69 Å². The summed E-state index contributed by atoms with van der Waals surface area (Å²) in [5.74, 6) is -0.686. The summed E-state index contributed by atoms with van der Waals surface area (Å²) in [6.45, 7) is 0. The van der Waals surface area contributed by atoms with Gasteiger partial charge in [0.1, 0.15) is 11.3 Å². The summed E-state index contributed by atoms with van der Waals surface area (Å²) >= 11 is 5.38. The summed E-state index contributed by atoms with van der Waals surface area (Å²) in [5, 5.41) is 3.38. The first-order valence-corrected chi connectivity index (χ1v) is 2.49. The van der Waals surface area contributed by atoms with Gasteiger partial charge in [-0.05, 0) is 0 Å². The number of carbonyl (C=O) groups excluding carboxylic acids is 1. The summed E-state index contributed by atoms with van der Waals surface area (Å²) in [6, 6.07) is 0. The molecule has 4 nitrogen and oxygen atoms in total. The monoisotopic (exact) mass is 146 g/mol. The van der Waals surface area contributed by atoms with Crippen molar-refractivity contribution in [1.29, 1.82) is 0 Å². The fourth-order valence-electron chi connectivity index (χ4n) is 0.387. The van der Waals surface area contributed by atoms with Gasteiger partial charge in [0.25, 0.3) is 5.91 Å². The maximum atomic E-state index is 10.3. The van der Waals surface area contributed by atoms with Gasteiger partial charge in [-0.2, -0.15) is 0 Å². The van der Waals surface area contributed by atoms with Crippen molar-refractivity contribution >= 4 is 17.5 Å². The van der Waals surface area contributed by atoms with Gasteiger partial charge in [-0.25, -0.2) is 0 Å². The van der Waals surface area contributed by atoms with Crippen LogP contribution in [0.4, 0.5) is 0 Å². The SMILES string of the molecule is NC(=O)c1nocc1Cl. The Morgan fingerprint density at radius 2 is 2.56 bits per heavy atom. The Hall–Kier alpha value is -1.03. The summed E-state index contributed by atoms with van der Waals surface area (Å²) in [5.41, 5.74) is 4.78. The first-order chi connectivity index (χ1) is 4.22. The van der Waals surface area contributed by atoms with E-state index in [2.05, 4.69) is 9.68 Å². The minimum Gasteiger partial charge on any atom is -0.364 e. The van der Waals surface area contributed by atoms with Gasteiger partial charge in [-0.3, -0.25) is 4.79 Å². The van der Waals surface area contributed by atoms with Crippen molar-refractivity contribution in [2.45, 2.75) is 0 Å². The van der Waals surface area contributed by atoms with E-state index >= 15 is 0 Å². The van der Waals surface area contributed by atoms with Crippen molar-refractivity contribution in [2.75, 3.05) is 0 Å². The van der Waals surface area contributed by atoms with E-state index in [0.717, 1.165) is 6.26 Å². The fraction of sp³-hybridized carbons (Fsp3) is 0. The number of nitrogens with two attached hydrogens (primary N) is 1. The van der Waals surface area contributed by atoms with Crippen molar-refractivity contribution in [3.05, 3.63) is 17.0 Å². The molecule has 5 heteroatoms.